The van der Waals surface area contributed by atoms with Gasteiger partial charge in [0, 0.05) is 12.7 Å². The number of nitrogens with zero attached hydrogens (tertiary/aromatic N) is 4. The predicted octanol–water partition coefficient (Wildman–Crippen LogP) is 1.49. The quantitative estimate of drug-likeness (QED) is 0.905. The highest BCUT2D eigenvalue weighted by Gasteiger charge is 2.09. The SMILES string of the molecule is CCn1ncc(Br)c1CNC(=O)Cn1ccc(C)n1. The van der Waals surface area contributed by atoms with Crippen molar-refractivity contribution < 1.29 is 4.79 Å². The van der Waals surface area contributed by atoms with Crippen LogP contribution in [0.25, 0.3) is 0 Å². The molecule has 1 N–H and O–H groups in total. The van der Waals surface area contributed by atoms with Gasteiger partial charge in [0.1, 0.15) is 6.54 Å². The third kappa shape index (κ3) is 3.44. The molecule has 2 heterocycles. The van der Waals surface area contributed by atoms with Crippen molar-refractivity contribution in [3.8, 4) is 0 Å². The van der Waals surface area contributed by atoms with Crippen molar-refractivity contribution in [2.24, 2.45) is 0 Å². The zero-order valence-corrected chi connectivity index (χ0v) is 12.5. The van der Waals surface area contributed by atoms with E-state index in [1.807, 2.05) is 24.6 Å². The second kappa shape index (κ2) is 6.01. The minimum atomic E-state index is -0.0705. The van der Waals surface area contributed by atoms with Crippen LogP contribution in [0.15, 0.2) is 22.9 Å². The van der Waals surface area contributed by atoms with Crippen molar-refractivity contribution in [1.29, 1.82) is 0 Å². The summed E-state index contributed by atoms with van der Waals surface area (Å²) in [6, 6.07) is 1.87. The van der Waals surface area contributed by atoms with Crippen LogP contribution in [0.3, 0.4) is 0 Å². The molecule has 0 radical (unpaired) electrons. The van der Waals surface area contributed by atoms with E-state index in [0.29, 0.717) is 6.54 Å². The first-order chi connectivity index (χ1) is 9.10. The molecule has 19 heavy (non-hydrogen) atoms. The molecule has 0 saturated heterocycles. The molecular formula is C12H16BrN5O. The number of rotatable bonds is 5. The standard InChI is InChI=1S/C12H16BrN5O/c1-3-18-11(10(13)6-15-18)7-14-12(19)8-17-5-4-9(2)16-17/h4-6H,3,7-8H2,1-2H3,(H,14,19). The second-order valence-corrected chi connectivity index (χ2v) is 5.04. The topological polar surface area (TPSA) is 64.7 Å². The minimum Gasteiger partial charge on any atom is -0.349 e. The average molecular weight is 326 g/mol. The second-order valence-electron chi connectivity index (χ2n) is 4.19. The van der Waals surface area contributed by atoms with Crippen LogP contribution >= 0.6 is 15.9 Å². The summed E-state index contributed by atoms with van der Waals surface area (Å²) in [6.07, 6.45) is 3.53. The smallest absolute Gasteiger partial charge is 0.242 e. The van der Waals surface area contributed by atoms with Gasteiger partial charge in [0.15, 0.2) is 0 Å². The summed E-state index contributed by atoms with van der Waals surface area (Å²) in [5.74, 6) is -0.0705. The normalized spacial score (nSPS) is 10.7. The van der Waals surface area contributed by atoms with E-state index in [1.54, 1.807) is 17.1 Å². The molecule has 0 spiro atoms. The Morgan fingerprint density at radius 2 is 2.32 bits per heavy atom. The summed E-state index contributed by atoms with van der Waals surface area (Å²) >= 11 is 3.43. The van der Waals surface area contributed by atoms with Gasteiger partial charge in [0.05, 0.1) is 28.6 Å². The number of carbonyl (C=O) groups excluding carboxylic acids is 1. The minimum absolute atomic E-state index is 0.0705. The van der Waals surface area contributed by atoms with Gasteiger partial charge in [-0.1, -0.05) is 0 Å². The van der Waals surface area contributed by atoms with E-state index in [4.69, 9.17) is 0 Å². The van der Waals surface area contributed by atoms with Crippen LogP contribution in [0.5, 0.6) is 0 Å². The van der Waals surface area contributed by atoms with Gasteiger partial charge in [0.2, 0.25) is 5.91 Å². The molecule has 2 aromatic rings. The third-order valence-electron chi connectivity index (χ3n) is 2.73. The maximum atomic E-state index is 11.8. The van der Waals surface area contributed by atoms with E-state index in [9.17, 15) is 4.79 Å². The molecule has 0 fully saturated rings. The Morgan fingerprint density at radius 1 is 1.53 bits per heavy atom. The molecule has 7 heteroatoms. The van der Waals surface area contributed by atoms with Crippen molar-refractivity contribution in [1.82, 2.24) is 24.9 Å². The lowest BCUT2D eigenvalue weighted by Crippen LogP contribution is -2.28. The number of nitrogens with one attached hydrogen (secondary N) is 1. The molecule has 0 aromatic carbocycles. The molecule has 0 saturated carbocycles. The Morgan fingerprint density at radius 3 is 2.95 bits per heavy atom. The van der Waals surface area contributed by atoms with Crippen LogP contribution in [0.4, 0.5) is 0 Å². The fourth-order valence-electron chi connectivity index (χ4n) is 1.77. The molecule has 0 aliphatic rings. The highest BCUT2D eigenvalue weighted by atomic mass is 79.9. The lowest BCUT2D eigenvalue weighted by atomic mass is 10.4. The maximum absolute atomic E-state index is 11.8. The number of hydrogen-bond acceptors (Lipinski definition) is 3. The third-order valence-corrected chi connectivity index (χ3v) is 3.39. The van der Waals surface area contributed by atoms with Crippen molar-refractivity contribution in [3.63, 3.8) is 0 Å². The average Bonchev–Trinajstić information content (AvgIpc) is 2.93. The van der Waals surface area contributed by atoms with Gasteiger partial charge in [-0.2, -0.15) is 10.2 Å². The summed E-state index contributed by atoms with van der Waals surface area (Å²) in [4.78, 5) is 11.8. The summed E-state index contributed by atoms with van der Waals surface area (Å²) in [5, 5.41) is 11.2. The molecule has 0 atom stereocenters. The largest absolute Gasteiger partial charge is 0.349 e. The highest BCUT2D eigenvalue weighted by Crippen LogP contribution is 2.15. The first kappa shape index (κ1) is 13.8. The van der Waals surface area contributed by atoms with Gasteiger partial charge in [0.25, 0.3) is 0 Å². The van der Waals surface area contributed by atoms with Crippen molar-refractivity contribution >= 4 is 21.8 Å². The van der Waals surface area contributed by atoms with E-state index in [1.165, 1.54) is 0 Å². The van der Waals surface area contributed by atoms with E-state index in [-0.39, 0.29) is 12.5 Å². The van der Waals surface area contributed by atoms with Crippen LogP contribution in [-0.2, 0) is 24.4 Å². The lowest BCUT2D eigenvalue weighted by molar-refractivity contribution is -0.122. The number of carbonyl (C=O) groups is 1. The zero-order valence-electron chi connectivity index (χ0n) is 10.9. The molecule has 2 rings (SSSR count). The number of amides is 1. The van der Waals surface area contributed by atoms with Gasteiger partial charge in [-0.15, -0.1) is 0 Å². The fraction of sp³-hybridized carbons (Fsp3) is 0.417. The number of hydrogen-bond donors (Lipinski definition) is 1. The molecule has 0 aliphatic heterocycles. The van der Waals surface area contributed by atoms with Gasteiger partial charge >= 0.3 is 0 Å². The first-order valence-corrected chi connectivity index (χ1v) is 6.86. The Kier molecular flexibility index (Phi) is 4.36. The van der Waals surface area contributed by atoms with Crippen molar-refractivity contribution in [2.75, 3.05) is 0 Å². The van der Waals surface area contributed by atoms with Gasteiger partial charge in [-0.05, 0) is 35.8 Å². The van der Waals surface area contributed by atoms with Crippen LogP contribution in [-0.4, -0.2) is 25.5 Å². The summed E-state index contributed by atoms with van der Waals surface area (Å²) in [6.45, 7) is 5.36. The summed E-state index contributed by atoms with van der Waals surface area (Å²) < 4.78 is 4.38. The van der Waals surface area contributed by atoms with Gasteiger partial charge in [-0.3, -0.25) is 14.2 Å². The van der Waals surface area contributed by atoms with Gasteiger partial charge < -0.3 is 5.32 Å². The predicted molar refractivity (Wildman–Crippen MR) is 74.4 cm³/mol. The van der Waals surface area contributed by atoms with E-state index in [2.05, 4.69) is 31.4 Å². The maximum Gasteiger partial charge on any atom is 0.242 e. The molecule has 0 bridgehead atoms. The van der Waals surface area contributed by atoms with E-state index >= 15 is 0 Å². The van der Waals surface area contributed by atoms with Crippen molar-refractivity contribution in [2.45, 2.75) is 33.5 Å². The Balaban J connectivity index is 1.91. The van der Waals surface area contributed by atoms with E-state index in [0.717, 1.165) is 22.4 Å². The molecule has 6 nitrogen and oxygen atoms in total. The van der Waals surface area contributed by atoms with Crippen LogP contribution in [0.2, 0.25) is 0 Å². The van der Waals surface area contributed by atoms with Crippen molar-refractivity contribution in [3.05, 3.63) is 34.3 Å². The molecule has 102 valence electrons. The fourth-order valence-corrected chi connectivity index (χ4v) is 2.21. The number of aromatic nitrogens is 4. The van der Waals surface area contributed by atoms with Crippen LogP contribution in [0, 0.1) is 6.92 Å². The zero-order chi connectivity index (χ0) is 13.8. The lowest BCUT2D eigenvalue weighted by Gasteiger charge is -2.08. The number of halogens is 1. The molecule has 0 aliphatic carbocycles. The Labute approximate surface area is 119 Å². The number of aryl methyl sites for hydroxylation is 2. The monoisotopic (exact) mass is 325 g/mol. The van der Waals surface area contributed by atoms with E-state index < -0.39 is 0 Å². The Bertz CT molecular complexity index is 574. The van der Waals surface area contributed by atoms with Gasteiger partial charge in [-0.25, -0.2) is 0 Å². The van der Waals surface area contributed by atoms with Crippen LogP contribution in [0.1, 0.15) is 18.3 Å². The first-order valence-electron chi connectivity index (χ1n) is 6.07. The van der Waals surface area contributed by atoms with Crippen LogP contribution < -0.4 is 5.32 Å². The molecular weight excluding hydrogens is 310 g/mol. The highest BCUT2D eigenvalue weighted by molar-refractivity contribution is 9.10. The molecule has 2 aromatic heterocycles. The summed E-state index contributed by atoms with van der Waals surface area (Å²) in [5.41, 5.74) is 1.87. The Hall–Kier alpha value is -1.63. The molecule has 0 unspecified atom stereocenters. The summed E-state index contributed by atoms with van der Waals surface area (Å²) in [7, 11) is 0. The molecule has 1 amide bonds.